The summed E-state index contributed by atoms with van der Waals surface area (Å²) in [5, 5.41) is 4.43. The Morgan fingerprint density at radius 2 is 1.78 bits per heavy atom. The van der Waals surface area contributed by atoms with Crippen molar-refractivity contribution in [1.29, 1.82) is 0 Å². The van der Waals surface area contributed by atoms with Gasteiger partial charge in [-0.05, 0) is 37.6 Å². The molecule has 0 amide bonds. The van der Waals surface area contributed by atoms with Gasteiger partial charge in [0.05, 0.1) is 20.6 Å². The summed E-state index contributed by atoms with van der Waals surface area (Å²) in [6.07, 6.45) is 1.40. The number of rotatable bonds is 2. The second-order valence-electron chi connectivity index (χ2n) is 3.87. The van der Waals surface area contributed by atoms with Crippen LogP contribution in [0.1, 0.15) is 11.3 Å². The first kappa shape index (κ1) is 13.4. The van der Waals surface area contributed by atoms with Crippen molar-refractivity contribution in [2.45, 2.75) is 18.7 Å². The van der Waals surface area contributed by atoms with Crippen molar-refractivity contribution < 1.29 is 8.42 Å². The fraction of sp³-hybridized carbons (Fsp3) is 0.182. The van der Waals surface area contributed by atoms with Crippen LogP contribution >= 0.6 is 23.2 Å². The van der Waals surface area contributed by atoms with E-state index in [0.717, 1.165) is 4.09 Å². The van der Waals surface area contributed by atoms with Crippen molar-refractivity contribution >= 4 is 33.2 Å². The Balaban J connectivity index is 2.65. The molecule has 1 aromatic carbocycles. The fourth-order valence-electron chi connectivity index (χ4n) is 1.53. The van der Waals surface area contributed by atoms with Gasteiger partial charge in [-0.25, -0.2) is 0 Å². The molecular weight excluding hydrogens is 295 g/mol. The molecule has 1 heterocycles. The topological polar surface area (TPSA) is 52.0 Å². The summed E-state index contributed by atoms with van der Waals surface area (Å²) in [4.78, 5) is 0.0972. The zero-order valence-electron chi connectivity index (χ0n) is 9.68. The van der Waals surface area contributed by atoms with E-state index in [1.165, 1.54) is 18.3 Å². The zero-order chi connectivity index (χ0) is 13.5. The lowest BCUT2D eigenvalue weighted by Gasteiger charge is -2.09. The van der Waals surface area contributed by atoms with E-state index in [1.54, 1.807) is 19.9 Å². The molecular formula is C11H10Cl2N2O2S. The molecule has 0 fully saturated rings. The summed E-state index contributed by atoms with van der Waals surface area (Å²) < 4.78 is 25.6. The van der Waals surface area contributed by atoms with Gasteiger partial charge in [0, 0.05) is 6.20 Å². The molecule has 0 aliphatic heterocycles. The summed E-state index contributed by atoms with van der Waals surface area (Å²) in [6, 6.07) is 4.48. The quantitative estimate of drug-likeness (QED) is 0.857. The number of nitrogens with zero attached hydrogens (tertiary/aromatic N) is 2. The molecule has 0 unspecified atom stereocenters. The van der Waals surface area contributed by atoms with E-state index in [-0.39, 0.29) is 9.92 Å². The minimum atomic E-state index is -3.73. The fourth-order valence-corrected chi connectivity index (χ4v) is 3.37. The Labute approximate surface area is 115 Å². The van der Waals surface area contributed by atoms with Crippen LogP contribution in [0.3, 0.4) is 0 Å². The van der Waals surface area contributed by atoms with Crippen LogP contribution in [0.15, 0.2) is 29.3 Å². The second kappa shape index (κ2) is 4.57. The van der Waals surface area contributed by atoms with Crippen molar-refractivity contribution in [1.82, 2.24) is 9.19 Å². The Morgan fingerprint density at radius 1 is 1.17 bits per heavy atom. The standard InChI is InChI=1S/C11H10Cl2N2O2S/c1-7-5-9(12)10(13)6-11(7)18(16,17)15-4-3-8(2)14-15/h3-6H,1-2H3. The maximum absolute atomic E-state index is 12.3. The van der Waals surface area contributed by atoms with E-state index in [1.807, 2.05) is 0 Å². The van der Waals surface area contributed by atoms with Crippen LogP contribution in [0.5, 0.6) is 0 Å². The van der Waals surface area contributed by atoms with Crippen LogP contribution in [0.25, 0.3) is 0 Å². The SMILES string of the molecule is Cc1ccn(S(=O)(=O)c2cc(Cl)c(Cl)cc2C)n1. The lowest BCUT2D eigenvalue weighted by Crippen LogP contribution is -2.15. The molecule has 2 rings (SSSR count). The molecule has 96 valence electrons. The third kappa shape index (κ3) is 2.25. The number of halogens is 2. The van der Waals surface area contributed by atoms with Gasteiger partial charge < -0.3 is 0 Å². The Kier molecular flexibility index (Phi) is 3.40. The summed E-state index contributed by atoms with van der Waals surface area (Å²) in [5.74, 6) is 0. The third-order valence-corrected chi connectivity index (χ3v) is 4.86. The Hall–Kier alpha value is -1.04. The van der Waals surface area contributed by atoms with E-state index >= 15 is 0 Å². The van der Waals surface area contributed by atoms with E-state index in [9.17, 15) is 8.42 Å². The highest BCUT2D eigenvalue weighted by Crippen LogP contribution is 2.29. The maximum atomic E-state index is 12.3. The normalized spacial score (nSPS) is 11.8. The van der Waals surface area contributed by atoms with Gasteiger partial charge in [-0.15, -0.1) is 0 Å². The Morgan fingerprint density at radius 3 is 2.33 bits per heavy atom. The van der Waals surface area contributed by atoms with E-state index in [4.69, 9.17) is 23.2 Å². The highest BCUT2D eigenvalue weighted by molar-refractivity contribution is 7.89. The monoisotopic (exact) mass is 304 g/mol. The summed E-state index contributed by atoms with van der Waals surface area (Å²) in [5.41, 5.74) is 1.15. The molecule has 1 aromatic heterocycles. The van der Waals surface area contributed by atoms with Crippen LogP contribution in [0, 0.1) is 13.8 Å². The number of hydrogen-bond donors (Lipinski definition) is 0. The zero-order valence-corrected chi connectivity index (χ0v) is 12.0. The van der Waals surface area contributed by atoms with Gasteiger partial charge in [-0.3, -0.25) is 0 Å². The van der Waals surface area contributed by atoms with Crippen molar-refractivity contribution in [3.8, 4) is 0 Å². The van der Waals surface area contributed by atoms with E-state index in [2.05, 4.69) is 5.10 Å². The molecule has 0 atom stereocenters. The molecule has 0 radical (unpaired) electrons. The first-order valence-corrected chi connectivity index (χ1v) is 7.25. The molecule has 7 heteroatoms. The number of hydrogen-bond acceptors (Lipinski definition) is 3. The summed E-state index contributed by atoms with van der Waals surface area (Å²) >= 11 is 11.7. The van der Waals surface area contributed by atoms with Crippen LogP contribution in [-0.2, 0) is 10.0 Å². The van der Waals surface area contributed by atoms with Crippen molar-refractivity contribution in [3.05, 3.63) is 45.7 Å². The summed E-state index contributed by atoms with van der Waals surface area (Å²) in [7, 11) is -3.73. The first-order valence-electron chi connectivity index (χ1n) is 5.06. The van der Waals surface area contributed by atoms with Crippen molar-refractivity contribution in [3.63, 3.8) is 0 Å². The number of aromatic nitrogens is 2. The van der Waals surface area contributed by atoms with Crippen molar-refractivity contribution in [2.75, 3.05) is 0 Å². The largest absolute Gasteiger partial charge is 0.283 e. The second-order valence-corrected chi connectivity index (χ2v) is 6.45. The molecule has 0 aliphatic carbocycles. The van der Waals surface area contributed by atoms with Gasteiger partial charge in [0.25, 0.3) is 10.0 Å². The van der Waals surface area contributed by atoms with Crippen molar-refractivity contribution in [2.24, 2.45) is 0 Å². The average molecular weight is 305 g/mol. The highest BCUT2D eigenvalue weighted by atomic mass is 35.5. The van der Waals surface area contributed by atoms with E-state index < -0.39 is 10.0 Å². The minimum absolute atomic E-state index is 0.0972. The number of aryl methyl sites for hydroxylation is 2. The molecule has 0 N–H and O–H groups in total. The van der Waals surface area contributed by atoms with Gasteiger partial charge in [0.2, 0.25) is 0 Å². The lowest BCUT2D eigenvalue weighted by atomic mass is 10.2. The van der Waals surface area contributed by atoms with Crippen LogP contribution in [0.4, 0.5) is 0 Å². The lowest BCUT2D eigenvalue weighted by molar-refractivity contribution is 0.579. The van der Waals surface area contributed by atoms with Gasteiger partial charge in [0.1, 0.15) is 0 Å². The molecule has 0 saturated heterocycles. The van der Waals surface area contributed by atoms with E-state index in [0.29, 0.717) is 16.3 Å². The molecule has 0 spiro atoms. The molecule has 0 bridgehead atoms. The van der Waals surface area contributed by atoms with Crippen LogP contribution in [-0.4, -0.2) is 17.6 Å². The van der Waals surface area contributed by atoms with Gasteiger partial charge in [-0.2, -0.15) is 17.6 Å². The molecule has 0 aliphatic rings. The predicted molar refractivity (Wildman–Crippen MR) is 70.7 cm³/mol. The van der Waals surface area contributed by atoms with Gasteiger partial charge in [0.15, 0.2) is 0 Å². The van der Waals surface area contributed by atoms with Crippen LogP contribution < -0.4 is 0 Å². The molecule has 4 nitrogen and oxygen atoms in total. The smallest absolute Gasteiger partial charge is 0.199 e. The predicted octanol–water partition coefficient (Wildman–Crippen LogP) is 3.04. The third-order valence-electron chi connectivity index (χ3n) is 2.44. The first-order chi connectivity index (χ1) is 8.32. The molecule has 2 aromatic rings. The van der Waals surface area contributed by atoms with Crippen LogP contribution in [0.2, 0.25) is 10.0 Å². The minimum Gasteiger partial charge on any atom is -0.199 e. The molecule has 18 heavy (non-hydrogen) atoms. The average Bonchev–Trinajstić information content (AvgIpc) is 2.70. The number of benzene rings is 1. The van der Waals surface area contributed by atoms with Gasteiger partial charge >= 0.3 is 0 Å². The van der Waals surface area contributed by atoms with Gasteiger partial charge in [-0.1, -0.05) is 23.2 Å². The summed E-state index contributed by atoms with van der Waals surface area (Å²) in [6.45, 7) is 3.37. The Bertz CT molecular complexity index is 708. The highest BCUT2D eigenvalue weighted by Gasteiger charge is 2.21. The maximum Gasteiger partial charge on any atom is 0.283 e. The molecule has 0 saturated carbocycles.